The van der Waals surface area contributed by atoms with Crippen LogP contribution in [0.5, 0.6) is 0 Å². The van der Waals surface area contributed by atoms with E-state index < -0.39 is 65.6 Å². The van der Waals surface area contributed by atoms with Crippen molar-refractivity contribution in [3.8, 4) is 0 Å². The van der Waals surface area contributed by atoms with Gasteiger partial charge in [0.2, 0.25) is 11.8 Å². The van der Waals surface area contributed by atoms with E-state index in [1.165, 1.54) is 19.1 Å². The fourth-order valence-electron chi connectivity index (χ4n) is 6.47. The van der Waals surface area contributed by atoms with Crippen molar-refractivity contribution in [3.63, 3.8) is 0 Å². The van der Waals surface area contributed by atoms with Gasteiger partial charge in [-0.15, -0.1) is 0 Å². The number of rotatable bonds is 5. The van der Waals surface area contributed by atoms with Gasteiger partial charge in [0.15, 0.2) is 6.61 Å². The SMILES string of the molecule is C[C@H](C(=O)OCC(=O)Nc1ccccc1C(F)(F)F)N1C(=O)[C@H]2C3c4ccccc4C(c4ccccc43)[C@@H]2C1=O. The number of esters is 1. The maximum Gasteiger partial charge on any atom is 0.418 e. The van der Waals surface area contributed by atoms with Crippen molar-refractivity contribution in [2.24, 2.45) is 11.8 Å². The van der Waals surface area contributed by atoms with Crippen LogP contribution in [0.3, 0.4) is 0 Å². The summed E-state index contributed by atoms with van der Waals surface area (Å²) in [6, 6.07) is 18.5. The summed E-state index contributed by atoms with van der Waals surface area (Å²) in [5.41, 5.74) is 2.43. The van der Waals surface area contributed by atoms with Gasteiger partial charge in [0.25, 0.3) is 5.91 Å². The zero-order chi connectivity index (χ0) is 28.3. The molecular formula is C30H23F3N2O5. The van der Waals surface area contributed by atoms with Crippen LogP contribution in [0.15, 0.2) is 72.8 Å². The summed E-state index contributed by atoms with van der Waals surface area (Å²) in [5, 5.41) is 2.10. The lowest BCUT2D eigenvalue weighted by Crippen LogP contribution is -2.45. The molecule has 3 atom stereocenters. The predicted molar refractivity (Wildman–Crippen MR) is 136 cm³/mol. The number of para-hydroxylation sites is 1. The van der Waals surface area contributed by atoms with Crippen LogP contribution in [-0.4, -0.2) is 41.2 Å². The van der Waals surface area contributed by atoms with Crippen LogP contribution in [0.25, 0.3) is 0 Å². The second-order valence-electron chi connectivity index (χ2n) is 10.2. The Labute approximate surface area is 226 Å². The molecule has 10 heteroatoms. The summed E-state index contributed by atoms with van der Waals surface area (Å²) in [5.74, 6) is -5.02. The normalized spacial score (nSPS) is 23.2. The molecule has 2 bridgehead atoms. The van der Waals surface area contributed by atoms with E-state index in [1.807, 2.05) is 48.5 Å². The Bertz CT molecular complexity index is 1450. The number of nitrogens with one attached hydrogen (secondary N) is 1. The molecule has 7 rings (SSSR count). The molecule has 1 aliphatic heterocycles. The topological polar surface area (TPSA) is 92.8 Å². The van der Waals surface area contributed by atoms with Crippen molar-refractivity contribution < 1.29 is 37.1 Å². The largest absolute Gasteiger partial charge is 0.454 e. The summed E-state index contributed by atoms with van der Waals surface area (Å²) in [6.07, 6.45) is -4.69. The summed E-state index contributed by atoms with van der Waals surface area (Å²) in [6.45, 7) is 0.453. The average Bonchev–Trinajstić information content (AvgIpc) is 3.21. The molecule has 0 aromatic heterocycles. The van der Waals surface area contributed by atoms with E-state index >= 15 is 0 Å². The Hall–Kier alpha value is -4.47. The number of hydrogen-bond acceptors (Lipinski definition) is 5. The maximum atomic E-state index is 13.7. The quantitative estimate of drug-likeness (QED) is 0.375. The Kier molecular flexibility index (Phi) is 6.01. The van der Waals surface area contributed by atoms with Crippen LogP contribution < -0.4 is 5.32 Å². The number of likely N-dealkylation sites (tertiary alicyclic amines) is 1. The first kappa shape index (κ1) is 25.8. The van der Waals surface area contributed by atoms with Crippen LogP contribution in [-0.2, 0) is 30.1 Å². The van der Waals surface area contributed by atoms with E-state index in [0.29, 0.717) is 0 Å². The number of carbonyl (C=O) groups excluding carboxylic acids is 4. The highest BCUT2D eigenvalue weighted by atomic mass is 19.4. The van der Waals surface area contributed by atoms with E-state index in [9.17, 15) is 32.3 Å². The molecule has 0 spiro atoms. The molecule has 1 N–H and O–H groups in total. The summed E-state index contributed by atoms with van der Waals surface area (Å²) in [4.78, 5) is 53.6. The van der Waals surface area contributed by atoms with Crippen LogP contribution in [0.1, 0.15) is 46.6 Å². The highest BCUT2D eigenvalue weighted by Crippen LogP contribution is 2.61. The number of ether oxygens (including phenoxy) is 1. The van der Waals surface area contributed by atoms with E-state index in [4.69, 9.17) is 4.74 Å². The number of alkyl halides is 3. The number of halogens is 3. The monoisotopic (exact) mass is 548 g/mol. The third-order valence-corrected chi connectivity index (χ3v) is 8.06. The summed E-state index contributed by atoms with van der Waals surface area (Å²) >= 11 is 0. The molecule has 0 saturated carbocycles. The van der Waals surface area contributed by atoms with Crippen molar-refractivity contribution in [2.75, 3.05) is 11.9 Å². The Morgan fingerprint density at radius 3 is 1.75 bits per heavy atom. The molecule has 7 nitrogen and oxygen atoms in total. The van der Waals surface area contributed by atoms with Crippen LogP contribution in [0.4, 0.5) is 18.9 Å². The zero-order valence-corrected chi connectivity index (χ0v) is 21.1. The third-order valence-electron chi connectivity index (χ3n) is 8.06. The van der Waals surface area contributed by atoms with Gasteiger partial charge in [-0.1, -0.05) is 60.7 Å². The number of imide groups is 1. The average molecular weight is 549 g/mol. The van der Waals surface area contributed by atoms with Gasteiger partial charge < -0.3 is 10.1 Å². The number of benzene rings is 3. The second-order valence-corrected chi connectivity index (χ2v) is 10.2. The van der Waals surface area contributed by atoms with Crippen LogP contribution in [0.2, 0.25) is 0 Å². The van der Waals surface area contributed by atoms with E-state index in [-0.39, 0.29) is 11.8 Å². The van der Waals surface area contributed by atoms with E-state index in [0.717, 1.165) is 39.3 Å². The van der Waals surface area contributed by atoms with Gasteiger partial charge in [-0.2, -0.15) is 13.2 Å². The van der Waals surface area contributed by atoms with E-state index in [1.54, 1.807) is 0 Å². The fraction of sp³-hybridized carbons (Fsp3) is 0.267. The Morgan fingerprint density at radius 1 is 0.825 bits per heavy atom. The first-order valence-electron chi connectivity index (χ1n) is 12.8. The zero-order valence-electron chi connectivity index (χ0n) is 21.1. The number of nitrogens with zero attached hydrogens (tertiary/aromatic N) is 1. The minimum Gasteiger partial charge on any atom is -0.454 e. The summed E-state index contributed by atoms with van der Waals surface area (Å²) < 4.78 is 44.7. The van der Waals surface area contributed by atoms with E-state index in [2.05, 4.69) is 5.32 Å². The fourth-order valence-corrected chi connectivity index (χ4v) is 6.47. The Morgan fingerprint density at radius 2 is 1.27 bits per heavy atom. The maximum absolute atomic E-state index is 13.7. The molecule has 40 heavy (non-hydrogen) atoms. The Balaban J connectivity index is 1.20. The lowest BCUT2D eigenvalue weighted by molar-refractivity contribution is -0.159. The van der Waals surface area contributed by atoms with Crippen molar-refractivity contribution in [1.82, 2.24) is 4.90 Å². The molecule has 3 amide bonds. The highest BCUT2D eigenvalue weighted by Gasteiger charge is 2.62. The smallest absolute Gasteiger partial charge is 0.418 e. The molecule has 1 heterocycles. The highest BCUT2D eigenvalue weighted by molar-refractivity contribution is 6.10. The van der Waals surface area contributed by atoms with Gasteiger partial charge in [-0.3, -0.25) is 19.3 Å². The standard InChI is InChI=1S/C30H23F3N2O5/c1-15(29(39)40-14-22(36)34-21-13-7-6-12-20(21)30(31,32)33)35-27(37)25-23-16-8-2-3-9-17(16)24(26(25)28(35)38)19-11-5-4-10-18(19)23/h2-13,15,23-26H,14H2,1H3,(H,34,36)/t15-,23?,24?,25+,26+/m1/s1. The van der Waals surface area contributed by atoms with Gasteiger partial charge >= 0.3 is 12.1 Å². The number of anilines is 1. The number of hydrogen-bond donors (Lipinski definition) is 1. The lowest BCUT2D eigenvalue weighted by Gasteiger charge is -2.45. The first-order chi connectivity index (χ1) is 19.1. The summed E-state index contributed by atoms with van der Waals surface area (Å²) in [7, 11) is 0. The van der Waals surface area contributed by atoms with Crippen molar-refractivity contribution in [3.05, 3.63) is 101 Å². The van der Waals surface area contributed by atoms with Crippen LogP contribution in [0, 0.1) is 11.8 Å². The minimum atomic E-state index is -4.69. The molecule has 0 unspecified atom stereocenters. The van der Waals surface area contributed by atoms with Gasteiger partial charge in [0.1, 0.15) is 6.04 Å². The van der Waals surface area contributed by atoms with Gasteiger partial charge in [-0.25, -0.2) is 4.79 Å². The molecule has 4 aliphatic rings. The molecule has 3 aromatic carbocycles. The van der Waals surface area contributed by atoms with Gasteiger partial charge in [0.05, 0.1) is 23.1 Å². The predicted octanol–water partition coefficient (Wildman–Crippen LogP) is 4.47. The van der Waals surface area contributed by atoms with Crippen molar-refractivity contribution in [1.29, 1.82) is 0 Å². The molecule has 3 aromatic rings. The molecular weight excluding hydrogens is 525 g/mol. The third kappa shape index (κ3) is 3.89. The lowest BCUT2D eigenvalue weighted by atomic mass is 9.55. The van der Waals surface area contributed by atoms with Crippen LogP contribution >= 0.6 is 0 Å². The van der Waals surface area contributed by atoms with Gasteiger partial charge in [0, 0.05) is 11.8 Å². The molecule has 3 aliphatic carbocycles. The molecule has 1 saturated heterocycles. The molecule has 1 fully saturated rings. The van der Waals surface area contributed by atoms with Gasteiger partial charge in [-0.05, 0) is 41.3 Å². The minimum absolute atomic E-state index is 0.341. The van der Waals surface area contributed by atoms with Crippen molar-refractivity contribution in [2.45, 2.75) is 31.0 Å². The van der Waals surface area contributed by atoms with Crippen molar-refractivity contribution >= 4 is 29.4 Å². The number of carbonyl (C=O) groups is 4. The molecule has 204 valence electrons. The molecule has 0 radical (unpaired) electrons. The first-order valence-corrected chi connectivity index (χ1v) is 12.8. The second kappa shape index (κ2) is 9.32. The number of amides is 3.